The minimum absolute atomic E-state index is 0.136. The Morgan fingerprint density at radius 1 is 0.853 bits per heavy atom. The van der Waals surface area contributed by atoms with Gasteiger partial charge in [-0.25, -0.2) is 9.59 Å². The Hall–Kier alpha value is -3.59. The molecule has 1 amide bonds. The van der Waals surface area contributed by atoms with Gasteiger partial charge in [0.2, 0.25) is 0 Å². The number of rotatable bonds is 7. The van der Waals surface area contributed by atoms with Crippen LogP contribution < -0.4 is 9.47 Å². The second-order valence-electron chi connectivity index (χ2n) is 7.87. The molecule has 0 aromatic heterocycles. The van der Waals surface area contributed by atoms with Crippen molar-refractivity contribution in [1.29, 1.82) is 0 Å². The lowest BCUT2D eigenvalue weighted by atomic mass is 9.98. The van der Waals surface area contributed by atoms with E-state index in [1.165, 1.54) is 34.5 Å². The van der Waals surface area contributed by atoms with Gasteiger partial charge in [-0.2, -0.15) is 0 Å². The van der Waals surface area contributed by atoms with Gasteiger partial charge in [0.15, 0.2) is 11.5 Å². The molecule has 0 atom stereocenters. The zero-order valence-electron chi connectivity index (χ0n) is 20.2. The number of methoxy groups -OCH3 is 4. The third-order valence-corrected chi connectivity index (χ3v) is 6.00. The lowest BCUT2D eigenvalue weighted by Crippen LogP contribution is -2.48. The molecule has 9 nitrogen and oxygen atoms in total. The van der Waals surface area contributed by atoms with Crippen LogP contribution in [0.15, 0.2) is 30.3 Å². The molecule has 0 N–H and O–H groups in total. The number of carbonyl (C=O) groups is 3. The second-order valence-corrected chi connectivity index (χ2v) is 7.87. The normalized spacial score (nSPS) is 13.9. The molecule has 0 unspecified atom stereocenters. The Bertz CT molecular complexity index is 1080. The van der Waals surface area contributed by atoms with Gasteiger partial charge in [-0.15, -0.1) is 0 Å². The monoisotopic (exact) mass is 470 g/mol. The summed E-state index contributed by atoms with van der Waals surface area (Å²) in [7, 11) is 5.59. The van der Waals surface area contributed by atoms with Gasteiger partial charge in [0.1, 0.15) is 0 Å². The highest BCUT2D eigenvalue weighted by molar-refractivity contribution is 6.07. The molecule has 3 rings (SSSR count). The molecular formula is C25H30N2O7. The van der Waals surface area contributed by atoms with Crippen LogP contribution in [0.5, 0.6) is 11.5 Å². The number of hydrogen-bond donors (Lipinski definition) is 0. The van der Waals surface area contributed by atoms with E-state index in [0.717, 1.165) is 5.56 Å². The summed E-state index contributed by atoms with van der Waals surface area (Å²) in [5.41, 5.74) is 2.30. The maximum Gasteiger partial charge on any atom is 0.338 e. The van der Waals surface area contributed by atoms with Crippen molar-refractivity contribution in [2.45, 2.75) is 13.5 Å². The predicted octanol–water partition coefficient (Wildman–Crippen LogP) is 2.54. The van der Waals surface area contributed by atoms with Crippen LogP contribution in [0.4, 0.5) is 0 Å². The quantitative estimate of drug-likeness (QED) is 0.570. The van der Waals surface area contributed by atoms with Crippen molar-refractivity contribution in [3.05, 3.63) is 58.1 Å². The number of amides is 1. The van der Waals surface area contributed by atoms with Crippen LogP contribution in [0.2, 0.25) is 0 Å². The van der Waals surface area contributed by atoms with Crippen LogP contribution in [0, 0.1) is 6.92 Å². The van der Waals surface area contributed by atoms with E-state index < -0.39 is 5.97 Å². The number of nitrogens with zero attached hydrogens (tertiary/aromatic N) is 2. The summed E-state index contributed by atoms with van der Waals surface area (Å²) in [6.07, 6.45) is 0. The first-order valence-corrected chi connectivity index (χ1v) is 10.9. The first-order valence-electron chi connectivity index (χ1n) is 10.9. The van der Waals surface area contributed by atoms with Gasteiger partial charge >= 0.3 is 11.9 Å². The first-order chi connectivity index (χ1) is 16.4. The van der Waals surface area contributed by atoms with Gasteiger partial charge in [0.25, 0.3) is 5.91 Å². The van der Waals surface area contributed by atoms with Crippen molar-refractivity contribution in [1.82, 2.24) is 9.80 Å². The van der Waals surface area contributed by atoms with E-state index in [1.54, 1.807) is 24.0 Å². The standard InChI is InChI=1S/C25H30N2O7/c1-16-21(19(25(30)34-5)14-20(31-2)22(16)32-3)23(28)27-12-10-26(11-13-27)15-17-8-6-7-9-18(17)24(29)33-4/h6-9,14H,10-13,15H2,1-5H3. The van der Waals surface area contributed by atoms with E-state index >= 15 is 0 Å². The van der Waals surface area contributed by atoms with Gasteiger partial charge in [0.05, 0.1) is 45.1 Å². The van der Waals surface area contributed by atoms with Crippen molar-refractivity contribution in [2.24, 2.45) is 0 Å². The Morgan fingerprint density at radius 2 is 1.47 bits per heavy atom. The summed E-state index contributed by atoms with van der Waals surface area (Å²) in [4.78, 5) is 41.9. The average Bonchev–Trinajstić information content (AvgIpc) is 2.87. The Kier molecular flexibility index (Phi) is 8.12. The van der Waals surface area contributed by atoms with Crippen LogP contribution in [0.25, 0.3) is 0 Å². The fourth-order valence-corrected chi connectivity index (χ4v) is 4.20. The summed E-state index contributed by atoms with van der Waals surface area (Å²) in [5.74, 6) is -0.509. The maximum atomic E-state index is 13.5. The van der Waals surface area contributed by atoms with E-state index in [2.05, 4.69) is 4.90 Å². The van der Waals surface area contributed by atoms with Crippen molar-refractivity contribution < 1.29 is 33.3 Å². The molecule has 182 valence electrons. The van der Waals surface area contributed by atoms with Crippen molar-refractivity contribution >= 4 is 17.8 Å². The van der Waals surface area contributed by atoms with Crippen LogP contribution in [0.1, 0.15) is 42.2 Å². The Morgan fingerprint density at radius 3 is 2.06 bits per heavy atom. The predicted molar refractivity (Wildman–Crippen MR) is 125 cm³/mol. The van der Waals surface area contributed by atoms with Gasteiger partial charge in [-0.05, 0) is 24.6 Å². The highest BCUT2D eigenvalue weighted by Crippen LogP contribution is 2.36. The molecule has 1 aliphatic heterocycles. The number of ether oxygens (including phenoxy) is 4. The second kappa shape index (κ2) is 11.0. The minimum atomic E-state index is -0.620. The molecule has 2 aromatic rings. The minimum Gasteiger partial charge on any atom is -0.493 e. The number of benzene rings is 2. The largest absolute Gasteiger partial charge is 0.493 e. The summed E-state index contributed by atoms with van der Waals surface area (Å²) < 4.78 is 20.6. The molecular weight excluding hydrogens is 440 g/mol. The van der Waals surface area contributed by atoms with Crippen LogP contribution in [-0.2, 0) is 16.0 Å². The molecule has 1 fully saturated rings. The molecule has 2 aromatic carbocycles. The van der Waals surface area contributed by atoms with Gasteiger partial charge in [-0.3, -0.25) is 9.69 Å². The Balaban J connectivity index is 1.80. The fraction of sp³-hybridized carbons (Fsp3) is 0.400. The molecule has 0 bridgehead atoms. The van der Waals surface area contributed by atoms with E-state index in [4.69, 9.17) is 18.9 Å². The SMILES string of the molecule is COC(=O)c1ccccc1CN1CCN(C(=O)c2c(C(=O)OC)cc(OC)c(OC)c2C)CC1. The maximum absolute atomic E-state index is 13.5. The Labute approximate surface area is 199 Å². The third-order valence-electron chi connectivity index (χ3n) is 6.00. The van der Waals surface area contributed by atoms with Crippen molar-refractivity contribution in [2.75, 3.05) is 54.6 Å². The topological polar surface area (TPSA) is 94.6 Å². The number of esters is 2. The summed E-state index contributed by atoms with van der Waals surface area (Å²) in [6, 6.07) is 8.81. The summed E-state index contributed by atoms with van der Waals surface area (Å²) >= 11 is 0. The summed E-state index contributed by atoms with van der Waals surface area (Å²) in [5, 5.41) is 0. The number of piperazine rings is 1. The van der Waals surface area contributed by atoms with Crippen LogP contribution >= 0.6 is 0 Å². The molecule has 1 saturated heterocycles. The highest BCUT2D eigenvalue weighted by atomic mass is 16.5. The third kappa shape index (κ3) is 4.99. The fourth-order valence-electron chi connectivity index (χ4n) is 4.20. The molecule has 1 heterocycles. The molecule has 0 spiro atoms. The summed E-state index contributed by atoms with van der Waals surface area (Å²) in [6.45, 7) is 4.45. The molecule has 34 heavy (non-hydrogen) atoms. The number of carbonyl (C=O) groups excluding carboxylic acids is 3. The zero-order valence-corrected chi connectivity index (χ0v) is 20.2. The highest BCUT2D eigenvalue weighted by Gasteiger charge is 2.31. The first kappa shape index (κ1) is 25.0. The van der Waals surface area contributed by atoms with Crippen LogP contribution in [-0.4, -0.2) is 82.3 Å². The molecule has 1 aliphatic rings. The van der Waals surface area contributed by atoms with Gasteiger partial charge in [-0.1, -0.05) is 18.2 Å². The molecule has 0 saturated carbocycles. The zero-order chi connectivity index (χ0) is 24.8. The van der Waals surface area contributed by atoms with Gasteiger partial charge in [0, 0.05) is 38.3 Å². The molecule has 9 heteroatoms. The van der Waals surface area contributed by atoms with Crippen molar-refractivity contribution in [3.8, 4) is 11.5 Å². The van der Waals surface area contributed by atoms with Gasteiger partial charge < -0.3 is 23.8 Å². The van der Waals surface area contributed by atoms with E-state index in [-0.39, 0.29) is 23.0 Å². The van der Waals surface area contributed by atoms with Crippen LogP contribution in [0.3, 0.4) is 0 Å². The average molecular weight is 471 g/mol. The smallest absolute Gasteiger partial charge is 0.338 e. The van der Waals surface area contributed by atoms with E-state index in [9.17, 15) is 14.4 Å². The molecule has 0 aliphatic carbocycles. The van der Waals surface area contributed by atoms with E-state index in [0.29, 0.717) is 55.3 Å². The lowest BCUT2D eigenvalue weighted by molar-refractivity contribution is 0.0564. The van der Waals surface area contributed by atoms with E-state index in [1.807, 2.05) is 12.1 Å². The lowest BCUT2D eigenvalue weighted by Gasteiger charge is -2.35. The van der Waals surface area contributed by atoms with Crippen molar-refractivity contribution in [3.63, 3.8) is 0 Å². The molecule has 0 radical (unpaired) electrons. The number of hydrogen-bond acceptors (Lipinski definition) is 8.